The molecule has 166 valence electrons. The summed E-state index contributed by atoms with van der Waals surface area (Å²) in [5.41, 5.74) is 8.09. The van der Waals surface area contributed by atoms with Gasteiger partial charge in [0, 0.05) is 5.56 Å². The largest absolute Gasteiger partial charge is 0.417 e. The molecule has 7 nitrogen and oxygen atoms in total. The number of nitrogens with two attached hydrogens (primary N) is 1. The van der Waals surface area contributed by atoms with E-state index in [1.807, 2.05) is 35.6 Å². The van der Waals surface area contributed by atoms with Crippen LogP contribution in [0.3, 0.4) is 0 Å². The number of nitrogens with zero attached hydrogens (tertiary/aromatic N) is 6. The van der Waals surface area contributed by atoms with E-state index >= 15 is 0 Å². The number of alkyl halides is 3. The number of anilines is 1. The lowest BCUT2D eigenvalue weighted by molar-refractivity contribution is -0.137. The predicted octanol–water partition coefficient (Wildman–Crippen LogP) is 5.00. The molecule has 3 heterocycles. The van der Waals surface area contributed by atoms with Crippen molar-refractivity contribution in [3.63, 3.8) is 0 Å². The smallest absolute Gasteiger partial charge is 0.383 e. The molecule has 0 aliphatic heterocycles. The van der Waals surface area contributed by atoms with E-state index in [1.165, 1.54) is 18.5 Å². The molecule has 0 fully saturated rings. The van der Waals surface area contributed by atoms with E-state index in [1.54, 1.807) is 22.9 Å². The molecule has 33 heavy (non-hydrogen) atoms. The Kier molecular flexibility index (Phi) is 5.15. The van der Waals surface area contributed by atoms with Crippen LogP contribution in [-0.4, -0.2) is 29.7 Å². The Balaban J connectivity index is 1.78. The molecule has 0 atom stereocenters. The summed E-state index contributed by atoms with van der Waals surface area (Å²) >= 11 is 2.03. The normalized spacial score (nSPS) is 12.0. The molecule has 0 amide bonds. The number of para-hydroxylation sites is 1. The third-order valence-electron chi connectivity index (χ3n) is 5.27. The summed E-state index contributed by atoms with van der Waals surface area (Å²) < 4.78 is 43.6. The van der Waals surface area contributed by atoms with E-state index in [2.05, 4.69) is 20.1 Å². The van der Waals surface area contributed by atoms with Crippen LogP contribution in [0.2, 0.25) is 0 Å². The molecule has 0 aliphatic carbocycles. The molecule has 0 aliphatic rings. The first-order chi connectivity index (χ1) is 15.7. The van der Waals surface area contributed by atoms with Gasteiger partial charge in [0.25, 0.3) is 0 Å². The van der Waals surface area contributed by atoms with Crippen molar-refractivity contribution in [2.75, 3.05) is 5.73 Å². The van der Waals surface area contributed by atoms with Crippen molar-refractivity contribution in [2.24, 2.45) is 0 Å². The van der Waals surface area contributed by atoms with Crippen LogP contribution in [0.1, 0.15) is 16.8 Å². The zero-order valence-electron chi connectivity index (χ0n) is 17.1. The van der Waals surface area contributed by atoms with E-state index < -0.39 is 11.7 Å². The van der Waals surface area contributed by atoms with Crippen LogP contribution in [0.4, 0.5) is 19.0 Å². The molecule has 0 bridgehead atoms. The van der Waals surface area contributed by atoms with Gasteiger partial charge in [0.2, 0.25) is 0 Å². The van der Waals surface area contributed by atoms with Crippen LogP contribution >= 0.6 is 22.6 Å². The van der Waals surface area contributed by atoms with Crippen molar-refractivity contribution in [1.82, 2.24) is 29.7 Å². The topological polar surface area (TPSA) is 95.4 Å². The van der Waals surface area contributed by atoms with Crippen LogP contribution in [0.15, 0.2) is 48.8 Å². The number of aromatic nitrogens is 6. The molecule has 11 heteroatoms. The Labute approximate surface area is 199 Å². The fourth-order valence-electron chi connectivity index (χ4n) is 3.75. The molecular weight excluding hydrogens is 546 g/mol. The van der Waals surface area contributed by atoms with Gasteiger partial charge in [-0.15, -0.1) is 0 Å². The molecule has 0 unspecified atom stereocenters. The van der Waals surface area contributed by atoms with Gasteiger partial charge in [0.15, 0.2) is 5.65 Å². The number of halogens is 4. The Hall–Kier alpha value is -3.35. The number of aryl methyl sites for hydroxylation is 1. The first-order valence-corrected chi connectivity index (χ1v) is 10.9. The molecule has 5 aromatic rings. The molecule has 0 saturated heterocycles. The molecule has 5 rings (SSSR count). The van der Waals surface area contributed by atoms with Gasteiger partial charge in [-0.25, -0.2) is 24.6 Å². The van der Waals surface area contributed by atoms with Gasteiger partial charge in [-0.1, -0.05) is 30.3 Å². The summed E-state index contributed by atoms with van der Waals surface area (Å²) in [7, 11) is 0. The van der Waals surface area contributed by atoms with Gasteiger partial charge in [0.05, 0.1) is 39.9 Å². The number of benzene rings is 2. The second-order valence-corrected chi connectivity index (χ2v) is 8.43. The minimum atomic E-state index is -4.55. The lowest BCUT2D eigenvalue weighted by Gasteiger charge is -2.16. The van der Waals surface area contributed by atoms with E-state index in [9.17, 15) is 13.2 Å². The average molecular weight is 561 g/mol. The van der Waals surface area contributed by atoms with E-state index in [0.717, 1.165) is 11.6 Å². The summed E-state index contributed by atoms with van der Waals surface area (Å²) in [6.45, 7) is 1.93. The number of nitrogen functional groups attached to an aromatic ring is 1. The third kappa shape index (κ3) is 3.75. The van der Waals surface area contributed by atoms with Crippen molar-refractivity contribution >= 4 is 50.5 Å². The van der Waals surface area contributed by atoms with E-state index in [0.29, 0.717) is 31.5 Å². The molecule has 2 aromatic carbocycles. The monoisotopic (exact) mass is 561 g/mol. The van der Waals surface area contributed by atoms with E-state index in [-0.39, 0.29) is 23.6 Å². The molecule has 0 saturated carbocycles. The fraction of sp³-hybridized carbons (Fsp3) is 0.136. The minimum absolute atomic E-state index is 0.0452. The minimum Gasteiger partial charge on any atom is -0.383 e. The summed E-state index contributed by atoms with van der Waals surface area (Å²) in [5.74, 6) is 0.277. The number of hydrogen-bond acceptors (Lipinski definition) is 6. The van der Waals surface area contributed by atoms with Crippen LogP contribution < -0.4 is 5.73 Å². The molecule has 3 aromatic heterocycles. The van der Waals surface area contributed by atoms with Crippen LogP contribution in [0, 0.1) is 10.6 Å². The Bertz CT molecular complexity index is 1530. The lowest BCUT2D eigenvalue weighted by atomic mass is 10.0. The number of fused-ring (bicyclic) bond motifs is 2. The highest BCUT2D eigenvalue weighted by molar-refractivity contribution is 14.1. The second kappa shape index (κ2) is 7.90. The van der Waals surface area contributed by atoms with Crippen LogP contribution in [-0.2, 0) is 12.7 Å². The van der Waals surface area contributed by atoms with Crippen molar-refractivity contribution in [3.8, 4) is 11.3 Å². The van der Waals surface area contributed by atoms with Gasteiger partial charge in [-0.2, -0.15) is 18.3 Å². The first-order valence-electron chi connectivity index (χ1n) is 9.79. The Morgan fingerprint density at radius 3 is 2.61 bits per heavy atom. The summed E-state index contributed by atoms with van der Waals surface area (Å²) in [6.07, 6.45) is -3.23. The SMILES string of the molecule is Cc1cccc2nc(-c3ccccc3C(F)(F)F)c(Cn3nc(I)c4c(N)ncnc43)nc12. The Morgan fingerprint density at radius 1 is 1.03 bits per heavy atom. The van der Waals surface area contributed by atoms with Gasteiger partial charge < -0.3 is 5.73 Å². The zero-order valence-corrected chi connectivity index (χ0v) is 19.3. The number of rotatable bonds is 3. The summed E-state index contributed by atoms with van der Waals surface area (Å²) in [4.78, 5) is 17.6. The van der Waals surface area contributed by atoms with Gasteiger partial charge in [0.1, 0.15) is 15.8 Å². The predicted molar refractivity (Wildman–Crippen MR) is 126 cm³/mol. The van der Waals surface area contributed by atoms with Crippen molar-refractivity contribution in [1.29, 1.82) is 0 Å². The highest BCUT2D eigenvalue weighted by Gasteiger charge is 2.34. The van der Waals surface area contributed by atoms with Gasteiger partial charge in [-0.3, -0.25) is 0 Å². The molecule has 0 spiro atoms. The van der Waals surface area contributed by atoms with Crippen molar-refractivity contribution in [2.45, 2.75) is 19.6 Å². The molecular formula is C22H15F3IN7. The second-order valence-electron chi connectivity index (χ2n) is 7.41. The highest BCUT2D eigenvalue weighted by Crippen LogP contribution is 2.38. The van der Waals surface area contributed by atoms with Crippen LogP contribution in [0.25, 0.3) is 33.3 Å². The lowest BCUT2D eigenvalue weighted by Crippen LogP contribution is -2.12. The average Bonchev–Trinajstić information content (AvgIpc) is 3.10. The first kappa shape index (κ1) is 21.5. The maximum atomic E-state index is 13.8. The van der Waals surface area contributed by atoms with Crippen LogP contribution in [0.5, 0.6) is 0 Å². The van der Waals surface area contributed by atoms with Crippen molar-refractivity contribution < 1.29 is 13.2 Å². The van der Waals surface area contributed by atoms with Crippen molar-refractivity contribution in [3.05, 3.63) is 69.3 Å². The third-order valence-corrected chi connectivity index (χ3v) is 6.03. The highest BCUT2D eigenvalue weighted by atomic mass is 127. The quantitative estimate of drug-likeness (QED) is 0.312. The maximum Gasteiger partial charge on any atom is 0.417 e. The summed E-state index contributed by atoms with van der Waals surface area (Å²) in [5, 5.41) is 5.07. The molecule has 2 N–H and O–H groups in total. The maximum absolute atomic E-state index is 13.8. The molecule has 0 radical (unpaired) electrons. The summed E-state index contributed by atoms with van der Waals surface area (Å²) in [6, 6.07) is 10.8. The van der Waals surface area contributed by atoms with Gasteiger partial charge >= 0.3 is 6.18 Å². The van der Waals surface area contributed by atoms with E-state index in [4.69, 9.17) is 10.7 Å². The van der Waals surface area contributed by atoms with Gasteiger partial charge in [-0.05, 0) is 47.2 Å². The fourth-order valence-corrected chi connectivity index (χ4v) is 4.53. The zero-order chi connectivity index (χ0) is 23.3. The number of hydrogen-bond donors (Lipinski definition) is 1. The standard InChI is InChI=1S/C22H15F3IN7/c1-11-5-4-8-14-17(11)31-15(9-33-21-16(19(26)32-33)20(27)28-10-29-21)18(30-14)12-6-2-3-7-13(12)22(23,24)25/h2-8,10H,9H2,1H3,(H2,27,28,29). The Morgan fingerprint density at radius 2 is 1.82 bits per heavy atom.